The molecule has 2 aromatic carbocycles. The van der Waals surface area contributed by atoms with E-state index in [0.717, 1.165) is 12.0 Å². The van der Waals surface area contributed by atoms with Crippen LogP contribution in [0.1, 0.15) is 28.4 Å². The zero-order chi connectivity index (χ0) is 23.0. The Kier molecular flexibility index (Phi) is 7.53. The molecule has 4 nitrogen and oxygen atoms in total. The third kappa shape index (κ3) is 5.50. The molecule has 0 aliphatic carbocycles. The first-order valence-electron chi connectivity index (χ1n) is 8.95. The summed E-state index contributed by atoms with van der Waals surface area (Å²) in [5.74, 6) is -1.08. The third-order valence-electron chi connectivity index (χ3n) is 4.55. The number of amides is 1. The number of benzene rings is 2. The molecule has 0 unspecified atom stereocenters. The van der Waals surface area contributed by atoms with Crippen LogP contribution < -0.4 is 4.72 Å². The van der Waals surface area contributed by atoms with E-state index in [-0.39, 0.29) is 12.3 Å². The maximum atomic E-state index is 13.2. The largest absolute Gasteiger partial charge is 0.458 e. The summed E-state index contributed by atoms with van der Waals surface area (Å²) in [4.78, 5) is 25.5. The summed E-state index contributed by atoms with van der Waals surface area (Å²) in [5, 5.41) is 1.15. The number of rotatable bonds is 5. The smallest absolute Gasteiger partial charge is 0.295 e. The number of aryl methyl sites for hydroxylation is 1. The van der Waals surface area contributed by atoms with Crippen LogP contribution in [0.5, 0.6) is 0 Å². The Hall–Kier alpha value is -0.990. The van der Waals surface area contributed by atoms with E-state index < -0.39 is 16.0 Å². The monoisotopic (exact) mass is 694 g/mol. The quantitative estimate of drug-likeness (QED) is 0.289. The first kappa shape index (κ1) is 24.6. The molecule has 166 valence electrons. The Morgan fingerprint density at radius 2 is 1.77 bits per heavy atom. The highest BCUT2D eigenvalue weighted by molar-refractivity contribution is 14.3. The van der Waals surface area contributed by atoms with Gasteiger partial charge in [0, 0.05) is 69.1 Å². The van der Waals surface area contributed by atoms with E-state index in [9.17, 15) is 22.8 Å². The summed E-state index contributed by atoms with van der Waals surface area (Å²) >= 11 is 8.37. The van der Waals surface area contributed by atoms with Gasteiger partial charge in [-0.25, -0.2) is 0 Å². The van der Waals surface area contributed by atoms with Gasteiger partial charge < -0.3 is 0 Å². The highest BCUT2D eigenvalue weighted by Crippen LogP contribution is 2.71. The molecule has 3 rings (SSSR count). The maximum absolute atomic E-state index is 13.2. The average Bonchev–Trinajstić information content (AvgIpc) is 3.04. The molecule has 0 spiro atoms. The number of fused-ring (bicyclic) bond motifs is 1. The van der Waals surface area contributed by atoms with Crippen LogP contribution in [0.3, 0.4) is 0 Å². The van der Waals surface area contributed by atoms with Crippen molar-refractivity contribution in [3.63, 3.8) is 0 Å². The van der Waals surface area contributed by atoms with E-state index in [1.54, 1.807) is 30.3 Å². The van der Waals surface area contributed by atoms with Crippen molar-refractivity contribution in [2.45, 2.75) is 25.3 Å². The van der Waals surface area contributed by atoms with Gasteiger partial charge in [0.1, 0.15) is 0 Å². The molecule has 0 aliphatic heterocycles. The van der Waals surface area contributed by atoms with E-state index in [0.29, 0.717) is 27.1 Å². The lowest BCUT2D eigenvalue weighted by Gasteiger charge is -2.29. The second-order valence-corrected chi connectivity index (χ2v) is 21.7. The number of hydrogen-bond donors (Lipinski definition) is 1. The molecule has 0 saturated heterocycles. The third-order valence-corrected chi connectivity index (χ3v) is 10.2. The van der Waals surface area contributed by atoms with Gasteiger partial charge in [0.2, 0.25) is 5.91 Å². The molecule has 1 heterocycles. The highest BCUT2D eigenvalue weighted by Gasteiger charge is 2.48. The van der Waals surface area contributed by atoms with Crippen molar-refractivity contribution in [1.29, 1.82) is 0 Å². The van der Waals surface area contributed by atoms with Crippen LogP contribution in [0.25, 0.3) is 10.9 Å². The first-order valence-corrected chi connectivity index (χ1v) is 16.0. The number of carbonyl (C=O) groups is 2. The SMILES string of the molecule is CCc1ccc2c(c1)c(CC(=O)NS(I)(I)C(F)(F)F)cn2C(=O)c1ccc(Cl)cc1. The van der Waals surface area contributed by atoms with Crippen LogP contribution in [0.2, 0.25) is 5.02 Å². The van der Waals surface area contributed by atoms with E-state index in [1.807, 2.05) is 19.1 Å². The van der Waals surface area contributed by atoms with Gasteiger partial charge in [-0.1, -0.05) is 24.6 Å². The summed E-state index contributed by atoms with van der Waals surface area (Å²) in [6.45, 7) is 1.97. The lowest BCUT2D eigenvalue weighted by Crippen LogP contribution is -2.30. The Bertz CT molecular complexity index is 1150. The zero-order valence-electron chi connectivity index (χ0n) is 16.0. The van der Waals surface area contributed by atoms with Crippen molar-refractivity contribution >= 4 is 81.3 Å². The predicted octanol–water partition coefficient (Wildman–Crippen LogP) is 7.14. The normalized spacial score (nSPS) is 12.7. The van der Waals surface area contributed by atoms with E-state index in [4.69, 9.17) is 11.6 Å². The van der Waals surface area contributed by atoms with Crippen LogP contribution >= 0.6 is 58.6 Å². The summed E-state index contributed by atoms with van der Waals surface area (Å²) in [6, 6.07) is 11.9. The van der Waals surface area contributed by atoms with Crippen molar-refractivity contribution < 1.29 is 22.8 Å². The van der Waals surface area contributed by atoms with Crippen LogP contribution in [-0.4, -0.2) is 21.9 Å². The standard InChI is InChI=1S/C20H16ClF3I2N2O2S/c1-2-12-3-8-17-16(9-12)14(10-18(29)27-31(25,26)20(22,23)24)11-28(17)19(30)13-4-6-15(21)7-5-13/h3-9,11H,2,10H2,1H3,(H,27,29). The van der Waals surface area contributed by atoms with Gasteiger partial charge in [0.05, 0.1) is 11.9 Å². The van der Waals surface area contributed by atoms with E-state index >= 15 is 0 Å². The van der Waals surface area contributed by atoms with Gasteiger partial charge in [0.15, 0.2) is 0 Å². The van der Waals surface area contributed by atoms with E-state index in [2.05, 4.69) is 4.72 Å². The van der Waals surface area contributed by atoms with Gasteiger partial charge in [0.25, 0.3) is 5.91 Å². The van der Waals surface area contributed by atoms with Crippen LogP contribution in [0.4, 0.5) is 13.2 Å². The molecule has 1 amide bonds. The molecule has 31 heavy (non-hydrogen) atoms. The molecule has 0 saturated carbocycles. The van der Waals surface area contributed by atoms with Gasteiger partial charge in [-0.3, -0.25) is 18.9 Å². The maximum Gasteiger partial charge on any atom is 0.458 e. The number of halogens is 6. The minimum absolute atomic E-state index is 0.276. The topological polar surface area (TPSA) is 51.1 Å². The van der Waals surface area contributed by atoms with Crippen molar-refractivity contribution in [2.24, 2.45) is 0 Å². The summed E-state index contributed by atoms with van der Waals surface area (Å²) < 4.78 is 39.6. The molecule has 0 aliphatic rings. The molecule has 11 heteroatoms. The van der Waals surface area contributed by atoms with Crippen LogP contribution in [0, 0.1) is 0 Å². The number of aromatic nitrogens is 1. The number of nitrogens with zero attached hydrogens (tertiary/aromatic N) is 1. The number of carbonyl (C=O) groups excluding carboxylic acids is 2. The number of nitrogens with one attached hydrogen (secondary N) is 1. The minimum atomic E-state index is -4.53. The highest BCUT2D eigenvalue weighted by atomic mass is 127. The van der Waals surface area contributed by atoms with Crippen molar-refractivity contribution in [2.75, 3.05) is 0 Å². The Balaban J connectivity index is 2.00. The van der Waals surface area contributed by atoms with Gasteiger partial charge in [-0.05, 0) is 53.9 Å². The molecule has 0 bridgehead atoms. The Morgan fingerprint density at radius 3 is 2.35 bits per heavy atom. The van der Waals surface area contributed by atoms with Crippen molar-refractivity contribution in [3.05, 3.63) is 70.4 Å². The molecule has 0 fully saturated rings. The summed E-state index contributed by atoms with van der Waals surface area (Å²) in [6.07, 6.45) is 1.98. The Morgan fingerprint density at radius 1 is 1.13 bits per heavy atom. The van der Waals surface area contributed by atoms with Gasteiger partial charge >= 0.3 is 5.51 Å². The fourth-order valence-corrected chi connectivity index (χ4v) is 5.09. The Labute approximate surface area is 207 Å². The predicted molar refractivity (Wildman–Crippen MR) is 136 cm³/mol. The fraction of sp³-hybridized carbons (Fsp3) is 0.200. The molecule has 0 atom stereocenters. The molecular formula is C20H16ClF3I2N2O2S. The molecule has 1 N–H and O–H groups in total. The van der Waals surface area contributed by atoms with Crippen LogP contribution in [-0.2, 0) is 17.6 Å². The van der Waals surface area contributed by atoms with E-state index in [1.165, 1.54) is 53.2 Å². The lowest BCUT2D eigenvalue weighted by atomic mass is 10.1. The zero-order valence-corrected chi connectivity index (χ0v) is 21.9. The van der Waals surface area contributed by atoms with Crippen molar-refractivity contribution in [1.82, 2.24) is 9.29 Å². The summed E-state index contributed by atoms with van der Waals surface area (Å²) in [5.41, 5.74) is -2.08. The van der Waals surface area contributed by atoms with Gasteiger partial charge in [-0.15, -0.1) is 0 Å². The second-order valence-electron chi connectivity index (χ2n) is 6.66. The molecule has 0 radical (unpaired) electrons. The van der Waals surface area contributed by atoms with Crippen molar-refractivity contribution in [3.8, 4) is 0 Å². The van der Waals surface area contributed by atoms with Gasteiger partial charge in [-0.2, -0.15) is 13.2 Å². The molecular weight excluding hydrogens is 679 g/mol. The van der Waals surface area contributed by atoms with Crippen LogP contribution in [0.15, 0.2) is 48.7 Å². The average molecular weight is 695 g/mol. The summed E-state index contributed by atoms with van der Waals surface area (Å²) in [7, 11) is 0. The fourth-order valence-electron chi connectivity index (χ4n) is 3.02. The lowest BCUT2D eigenvalue weighted by molar-refractivity contribution is -0.119. The molecule has 3 aromatic rings. The second kappa shape index (κ2) is 9.48. The minimum Gasteiger partial charge on any atom is -0.295 e. The molecule has 1 aromatic heterocycles. The first-order chi connectivity index (χ1) is 14.4. The number of hydrogen-bond acceptors (Lipinski definition) is 2. The number of alkyl halides is 3.